The van der Waals surface area contributed by atoms with Crippen LogP contribution in [0.5, 0.6) is 0 Å². The quantitative estimate of drug-likeness (QED) is 0.376. The number of aromatic nitrogens is 2. The first kappa shape index (κ1) is 17.5. The molecule has 1 N–H and O–H groups in total. The van der Waals surface area contributed by atoms with Gasteiger partial charge in [-0.1, -0.05) is 66.7 Å². The summed E-state index contributed by atoms with van der Waals surface area (Å²) in [6.45, 7) is 4.07. The maximum atomic E-state index is 11.4. The summed E-state index contributed by atoms with van der Waals surface area (Å²) in [4.78, 5) is 21.6. The molecule has 0 atom stereocenters. The number of H-pyrrole nitrogens is 1. The van der Waals surface area contributed by atoms with Gasteiger partial charge in [0.1, 0.15) is 0 Å². The first-order chi connectivity index (χ1) is 9.65. The molecule has 0 saturated heterocycles. The van der Waals surface area contributed by atoms with E-state index < -0.39 is 0 Å². The molecular weight excluding hydrogens is 336 g/mol. The molecule has 0 bridgehead atoms. The molecule has 3 nitrogen and oxygen atoms in total. The Kier molecular flexibility index (Phi) is 8.94. The van der Waals surface area contributed by atoms with Gasteiger partial charge in [-0.15, -0.1) is 0 Å². The van der Waals surface area contributed by atoms with Gasteiger partial charge in [0.05, 0.1) is 0 Å². The molecular formula is C15H23BrN2OS. The third kappa shape index (κ3) is 7.29. The molecule has 0 fully saturated rings. The summed E-state index contributed by atoms with van der Waals surface area (Å²) < 4.78 is 0. The van der Waals surface area contributed by atoms with E-state index in [1.165, 1.54) is 61.3 Å². The molecule has 112 valence electrons. The van der Waals surface area contributed by atoms with Crippen LogP contribution in [0.1, 0.15) is 57.6 Å². The van der Waals surface area contributed by atoms with Crippen LogP contribution in [0.25, 0.3) is 0 Å². The topological polar surface area (TPSA) is 45.8 Å². The van der Waals surface area contributed by atoms with Crippen molar-refractivity contribution in [2.75, 3.05) is 0 Å². The molecule has 0 amide bonds. The second-order valence-electron chi connectivity index (χ2n) is 4.89. The normalized spacial score (nSPS) is 11.8. The lowest BCUT2D eigenvalue weighted by Crippen LogP contribution is -2.08. The Hall–Kier alpha value is -0.550. The highest BCUT2D eigenvalue weighted by Crippen LogP contribution is 2.28. The highest BCUT2D eigenvalue weighted by atomic mass is 79.9. The highest BCUT2D eigenvalue weighted by molar-refractivity contribution is 9.11. The number of aryl methyl sites for hydroxylation is 1. The number of thioether (sulfide) groups is 1. The van der Waals surface area contributed by atoms with Crippen LogP contribution in [0.15, 0.2) is 25.9 Å². The van der Waals surface area contributed by atoms with Crippen LogP contribution >= 0.6 is 27.7 Å². The fourth-order valence-corrected chi connectivity index (χ4v) is 3.32. The minimum atomic E-state index is -0.0894. The fourth-order valence-electron chi connectivity index (χ4n) is 1.93. The predicted octanol–water partition coefficient (Wildman–Crippen LogP) is 5.16. The third-order valence-corrected chi connectivity index (χ3v) is 4.80. The van der Waals surface area contributed by atoms with E-state index in [1.807, 2.05) is 11.9 Å². The molecule has 0 aliphatic carbocycles. The van der Waals surface area contributed by atoms with Crippen molar-refractivity contribution in [2.24, 2.45) is 0 Å². The highest BCUT2D eigenvalue weighted by Gasteiger charge is 2.04. The Labute approximate surface area is 133 Å². The van der Waals surface area contributed by atoms with Crippen molar-refractivity contribution in [3.05, 3.63) is 32.0 Å². The van der Waals surface area contributed by atoms with Crippen molar-refractivity contribution in [3.8, 4) is 0 Å². The maximum absolute atomic E-state index is 11.4. The van der Waals surface area contributed by atoms with Gasteiger partial charge in [0.2, 0.25) is 0 Å². The van der Waals surface area contributed by atoms with Crippen LogP contribution in [0, 0.1) is 6.92 Å². The second kappa shape index (κ2) is 10.2. The van der Waals surface area contributed by atoms with Gasteiger partial charge >= 0.3 is 0 Å². The van der Waals surface area contributed by atoms with Crippen LogP contribution in [0.2, 0.25) is 0 Å². The van der Waals surface area contributed by atoms with E-state index in [9.17, 15) is 4.79 Å². The number of rotatable bonds is 9. The van der Waals surface area contributed by atoms with Crippen LogP contribution in [-0.4, -0.2) is 9.97 Å². The second-order valence-corrected chi connectivity index (χ2v) is 6.46. The van der Waals surface area contributed by atoms with Crippen molar-refractivity contribution in [1.82, 2.24) is 9.97 Å². The number of nitrogens with one attached hydrogen (secondary N) is 1. The molecule has 1 aromatic rings. The summed E-state index contributed by atoms with van der Waals surface area (Å²) in [6.07, 6.45) is 8.75. The molecule has 20 heavy (non-hydrogen) atoms. The van der Waals surface area contributed by atoms with E-state index in [0.717, 1.165) is 12.1 Å². The number of hydrogen-bond donors (Lipinski definition) is 1. The molecule has 0 unspecified atom stereocenters. The van der Waals surface area contributed by atoms with Gasteiger partial charge in [0, 0.05) is 11.8 Å². The molecule has 1 rings (SSSR count). The molecule has 0 aromatic carbocycles. The SMILES string of the molecule is CCCCCCCC/C(=C/Br)Sc1nc(C)cc(=O)[nH]1. The smallest absolute Gasteiger partial charge is 0.251 e. The minimum absolute atomic E-state index is 0.0894. The molecule has 0 aliphatic rings. The van der Waals surface area contributed by atoms with E-state index in [4.69, 9.17) is 0 Å². The van der Waals surface area contributed by atoms with Crippen LogP contribution in [0.4, 0.5) is 0 Å². The Bertz CT molecular complexity index is 485. The van der Waals surface area contributed by atoms with Gasteiger partial charge in [-0.05, 0) is 29.7 Å². The predicted molar refractivity (Wildman–Crippen MR) is 90.5 cm³/mol. The van der Waals surface area contributed by atoms with Crippen LogP contribution in [0.3, 0.4) is 0 Å². The molecule has 0 aliphatic heterocycles. The van der Waals surface area contributed by atoms with Gasteiger partial charge in [-0.25, -0.2) is 4.98 Å². The average molecular weight is 359 g/mol. The van der Waals surface area contributed by atoms with Crippen molar-refractivity contribution < 1.29 is 0 Å². The number of allylic oxidation sites excluding steroid dienone is 1. The molecule has 1 heterocycles. The number of unbranched alkanes of at least 4 members (excludes halogenated alkanes) is 5. The zero-order valence-corrected chi connectivity index (χ0v) is 14.6. The minimum Gasteiger partial charge on any atom is -0.301 e. The van der Waals surface area contributed by atoms with Gasteiger partial charge in [-0.2, -0.15) is 0 Å². The molecule has 5 heteroatoms. The maximum Gasteiger partial charge on any atom is 0.251 e. The first-order valence-electron chi connectivity index (χ1n) is 7.20. The fraction of sp³-hybridized carbons (Fsp3) is 0.600. The number of halogens is 1. The summed E-state index contributed by atoms with van der Waals surface area (Å²) in [6, 6.07) is 1.51. The lowest BCUT2D eigenvalue weighted by atomic mass is 10.1. The number of hydrogen-bond acceptors (Lipinski definition) is 3. The average Bonchev–Trinajstić information content (AvgIpc) is 2.40. The van der Waals surface area contributed by atoms with E-state index in [1.54, 1.807) is 0 Å². The van der Waals surface area contributed by atoms with E-state index in [2.05, 4.69) is 32.8 Å². The molecule has 0 spiro atoms. The summed E-state index contributed by atoms with van der Waals surface area (Å²) in [7, 11) is 0. The molecule has 0 saturated carbocycles. The Balaban J connectivity index is 2.38. The molecule has 1 aromatic heterocycles. The van der Waals surface area contributed by atoms with Gasteiger partial charge in [0.25, 0.3) is 5.56 Å². The lowest BCUT2D eigenvalue weighted by Gasteiger charge is -2.06. The molecule has 0 radical (unpaired) electrons. The number of nitrogens with zero attached hydrogens (tertiary/aromatic N) is 1. The lowest BCUT2D eigenvalue weighted by molar-refractivity contribution is 0.610. The summed E-state index contributed by atoms with van der Waals surface area (Å²) in [5, 5.41) is 0.673. The van der Waals surface area contributed by atoms with Crippen LogP contribution < -0.4 is 5.56 Å². The van der Waals surface area contributed by atoms with Gasteiger partial charge in [-0.3, -0.25) is 4.79 Å². The Morgan fingerprint density at radius 2 is 2.05 bits per heavy atom. The first-order valence-corrected chi connectivity index (χ1v) is 8.94. The van der Waals surface area contributed by atoms with Crippen molar-refractivity contribution >= 4 is 27.7 Å². The largest absolute Gasteiger partial charge is 0.301 e. The van der Waals surface area contributed by atoms with E-state index >= 15 is 0 Å². The third-order valence-electron chi connectivity index (χ3n) is 2.97. The Morgan fingerprint density at radius 3 is 2.70 bits per heavy atom. The summed E-state index contributed by atoms with van der Waals surface area (Å²) in [5.41, 5.74) is 0.665. The van der Waals surface area contributed by atoms with Crippen LogP contribution in [-0.2, 0) is 0 Å². The zero-order valence-electron chi connectivity index (χ0n) is 12.2. The number of aromatic amines is 1. The van der Waals surface area contributed by atoms with Crippen molar-refractivity contribution in [2.45, 2.75) is 63.9 Å². The van der Waals surface area contributed by atoms with Crippen molar-refractivity contribution in [3.63, 3.8) is 0 Å². The van der Waals surface area contributed by atoms with E-state index in [-0.39, 0.29) is 5.56 Å². The zero-order chi connectivity index (χ0) is 14.8. The summed E-state index contributed by atoms with van der Waals surface area (Å²) in [5.74, 6) is 0. The Morgan fingerprint density at radius 1 is 1.35 bits per heavy atom. The van der Waals surface area contributed by atoms with Gasteiger partial charge < -0.3 is 4.98 Å². The standard InChI is InChI=1S/C15H23BrN2OS/c1-3-4-5-6-7-8-9-13(11-16)20-15-17-12(2)10-14(19)18-15/h10-11H,3-9H2,1-2H3,(H,17,18,19)/b13-11-. The van der Waals surface area contributed by atoms with Gasteiger partial charge in [0.15, 0.2) is 5.16 Å². The summed E-state index contributed by atoms with van der Waals surface area (Å²) >= 11 is 4.93. The van der Waals surface area contributed by atoms with Crippen molar-refractivity contribution in [1.29, 1.82) is 0 Å². The van der Waals surface area contributed by atoms with E-state index in [0.29, 0.717) is 5.16 Å². The monoisotopic (exact) mass is 358 g/mol.